The molecule has 0 aliphatic carbocycles. The molecule has 0 bridgehead atoms. The monoisotopic (exact) mass is 217 g/mol. The molecule has 82 valence electrons. The summed E-state index contributed by atoms with van der Waals surface area (Å²) in [5.41, 5.74) is -0.0261. The van der Waals surface area contributed by atoms with Crippen LogP contribution in [-0.2, 0) is 9.53 Å². The second kappa shape index (κ2) is 6.59. The van der Waals surface area contributed by atoms with Crippen LogP contribution in [0.5, 0.6) is 0 Å². The van der Waals surface area contributed by atoms with Gasteiger partial charge in [0, 0.05) is 6.54 Å². The number of hydrogen-bond donors (Lipinski definition) is 0. The van der Waals surface area contributed by atoms with E-state index in [1.165, 1.54) is 0 Å². The molecule has 0 aromatic rings. The molecule has 0 heterocycles. The average Bonchev–Trinajstić information content (AvgIpc) is 2.13. The number of hydrogen-bond acceptors (Lipinski definition) is 3. The minimum Gasteiger partial charge on any atom is -0.450 e. The van der Waals surface area contributed by atoms with E-state index in [9.17, 15) is 9.59 Å². The molecule has 1 atom stereocenters. The molecule has 0 radical (unpaired) electrons. The van der Waals surface area contributed by atoms with Crippen LogP contribution < -0.4 is 0 Å². The number of amides is 2. The second-order valence-corrected chi connectivity index (χ2v) is 7.06. The van der Waals surface area contributed by atoms with Gasteiger partial charge in [-0.2, -0.15) is 0 Å². The molecule has 4 nitrogen and oxygen atoms in total. The van der Waals surface area contributed by atoms with Crippen molar-refractivity contribution in [3.8, 4) is 0 Å². The third kappa shape index (κ3) is 4.41. The summed E-state index contributed by atoms with van der Waals surface area (Å²) in [5, 5.41) is 0. The van der Waals surface area contributed by atoms with Crippen LogP contribution in [0.3, 0.4) is 0 Å². The number of ether oxygens (including phenoxy) is 1. The normalized spacial score (nSPS) is 12.4. The highest BCUT2D eigenvalue weighted by Crippen LogP contribution is 2.01. The Morgan fingerprint density at radius 1 is 1.57 bits per heavy atom. The predicted octanol–water partition coefficient (Wildman–Crippen LogP) is 1.41. The van der Waals surface area contributed by atoms with E-state index in [-0.39, 0.29) is 5.73 Å². The summed E-state index contributed by atoms with van der Waals surface area (Å²) in [5.74, 6) is 0. The number of imide groups is 1. The topological polar surface area (TPSA) is 46.6 Å². The lowest BCUT2D eigenvalue weighted by atomic mass is 10.4. The van der Waals surface area contributed by atoms with Gasteiger partial charge in [-0.15, -0.1) is 0 Å². The minimum absolute atomic E-state index is 0.0261. The molecule has 0 aromatic heterocycles. The largest absolute Gasteiger partial charge is 0.450 e. The first-order chi connectivity index (χ1) is 6.52. The Hall–Kier alpha value is -0.843. The summed E-state index contributed by atoms with van der Waals surface area (Å²) in [7, 11) is -0.979. The fourth-order valence-corrected chi connectivity index (χ4v) is 1.18. The smallest absolute Gasteiger partial charge is 0.416 e. The summed E-state index contributed by atoms with van der Waals surface area (Å²) >= 11 is 0. The molecule has 0 saturated carbocycles. The zero-order valence-electron chi connectivity index (χ0n) is 9.32. The Balaban J connectivity index is 4.10. The molecule has 5 heteroatoms. The van der Waals surface area contributed by atoms with Crippen molar-refractivity contribution in [2.75, 3.05) is 6.54 Å². The Morgan fingerprint density at radius 2 is 2.14 bits per heavy atom. The van der Waals surface area contributed by atoms with E-state index in [0.29, 0.717) is 13.0 Å². The van der Waals surface area contributed by atoms with Gasteiger partial charge in [-0.05, 0) is 13.3 Å². The average molecular weight is 217 g/mol. The molecule has 0 rings (SSSR count). The van der Waals surface area contributed by atoms with E-state index in [1.54, 1.807) is 0 Å². The minimum atomic E-state index is -0.979. The van der Waals surface area contributed by atoms with Crippen molar-refractivity contribution in [2.24, 2.45) is 0 Å². The maximum Gasteiger partial charge on any atom is 0.416 e. The first kappa shape index (κ1) is 13.2. The molecule has 0 aliphatic heterocycles. The summed E-state index contributed by atoms with van der Waals surface area (Å²) in [6.45, 7) is 8.41. The van der Waals surface area contributed by atoms with Crippen molar-refractivity contribution in [1.29, 1.82) is 0 Å². The Morgan fingerprint density at radius 3 is 2.50 bits per heavy atom. The standard InChI is InChI=1S/C9H19NO3Si/c1-5-6-10(7-11)9(12)13-8(2)14(3)4/h7-8,14H,5-6H2,1-4H3. The fraction of sp³-hybridized carbons (Fsp3) is 0.778. The van der Waals surface area contributed by atoms with E-state index in [0.717, 1.165) is 11.3 Å². The van der Waals surface area contributed by atoms with Crippen molar-refractivity contribution in [3.05, 3.63) is 0 Å². The zero-order chi connectivity index (χ0) is 11.1. The van der Waals surface area contributed by atoms with Crippen LogP contribution >= 0.6 is 0 Å². The summed E-state index contributed by atoms with van der Waals surface area (Å²) in [6, 6.07) is 0. The molecular weight excluding hydrogens is 198 g/mol. The zero-order valence-corrected chi connectivity index (χ0v) is 10.5. The molecule has 1 unspecified atom stereocenters. The van der Waals surface area contributed by atoms with E-state index in [2.05, 4.69) is 13.1 Å². The SMILES string of the molecule is CCCN(C=O)C(=O)OC(C)[SiH](C)C. The molecule has 2 amide bonds. The van der Waals surface area contributed by atoms with Crippen LogP contribution in [0.25, 0.3) is 0 Å². The lowest BCUT2D eigenvalue weighted by Gasteiger charge is -2.20. The Labute approximate surface area is 86.8 Å². The van der Waals surface area contributed by atoms with Gasteiger partial charge >= 0.3 is 6.09 Å². The highest BCUT2D eigenvalue weighted by Gasteiger charge is 2.18. The van der Waals surface area contributed by atoms with E-state index in [1.807, 2.05) is 13.8 Å². The van der Waals surface area contributed by atoms with Gasteiger partial charge in [0.2, 0.25) is 6.41 Å². The third-order valence-electron chi connectivity index (χ3n) is 2.05. The number of nitrogens with zero attached hydrogens (tertiary/aromatic N) is 1. The number of carbonyl (C=O) groups excluding carboxylic acids is 2. The van der Waals surface area contributed by atoms with Crippen LogP contribution in [-0.4, -0.2) is 38.5 Å². The lowest BCUT2D eigenvalue weighted by molar-refractivity contribution is -0.116. The molecule has 0 saturated heterocycles. The molecule has 14 heavy (non-hydrogen) atoms. The quantitative estimate of drug-likeness (QED) is 0.516. The third-order valence-corrected chi connectivity index (χ3v) is 4.07. The first-order valence-corrected chi connectivity index (χ1v) is 7.93. The highest BCUT2D eigenvalue weighted by molar-refractivity contribution is 6.57. The molecule has 0 spiro atoms. The van der Waals surface area contributed by atoms with Gasteiger partial charge in [0.05, 0.1) is 14.5 Å². The molecular formula is C9H19NO3Si. The number of rotatable bonds is 5. The fourth-order valence-electron chi connectivity index (χ4n) is 0.791. The number of carbonyl (C=O) groups is 2. The molecule has 0 fully saturated rings. The predicted molar refractivity (Wildman–Crippen MR) is 57.9 cm³/mol. The van der Waals surface area contributed by atoms with E-state index >= 15 is 0 Å². The van der Waals surface area contributed by atoms with E-state index in [4.69, 9.17) is 4.74 Å². The Bertz CT molecular complexity index is 196. The summed E-state index contributed by atoms with van der Waals surface area (Å²) in [6.07, 6.45) is 0.762. The van der Waals surface area contributed by atoms with Crippen LogP contribution in [0.4, 0.5) is 4.79 Å². The lowest BCUT2D eigenvalue weighted by Crippen LogP contribution is -2.36. The summed E-state index contributed by atoms with van der Waals surface area (Å²) < 4.78 is 5.13. The van der Waals surface area contributed by atoms with Crippen LogP contribution in [0.1, 0.15) is 20.3 Å². The van der Waals surface area contributed by atoms with Crippen molar-refractivity contribution in [2.45, 2.75) is 39.1 Å². The van der Waals surface area contributed by atoms with Gasteiger partial charge in [0.15, 0.2) is 0 Å². The Kier molecular flexibility index (Phi) is 6.19. The summed E-state index contributed by atoms with van der Waals surface area (Å²) in [4.78, 5) is 23.0. The van der Waals surface area contributed by atoms with Crippen LogP contribution in [0.15, 0.2) is 0 Å². The van der Waals surface area contributed by atoms with Gasteiger partial charge in [-0.25, -0.2) is 4.79 Å². The van der Waals surface area contributed by atoms with Gasteiger partial charge in [0.1, 0.15) is 0 Å². The van der Waals surface area contributed by atoms with Gasteiger partial charge in [-0.1, -0.05) is 20.0 Å². The van der Waals surface area contributed by atoms with Gasteiger partial charge in [0.25, 0.3) is 0 Å². The van der Waals surface area contributed by atoms with Crippen LogP contribution in [0.2, 0.25) is 13.1 Å². The van der Waals surface area contributed by atoms with Crippen molar-refractivity contribution in [3.63, 3.8) is 0 Å². The highest BCUT2D eigenvalue weighted by atomic mass is 28.3. The van der Waals surface area contributed by atoms with Gasteiger partial charge in [-0.3, -0.25) is 9.69 Å². The molecule has 0 aliphatic rings. The first-order valence-electron chi connectivity index (χ1n) is 4.95. The molecule has 0 N–H and O–H groups in total. The molecule has 0 aromatic carbocycles. The van der Waals surface area contributed by atoms with Crippen LogP contribution in [0, 0.1) is 0 Å². The van der Waals surface area contributed by atoms with Crippen molar-refractivity contribution >= 4 is 21.3 Å². The van der Waals surface area contributed by atoms with Crippen molar-refractivity contribution in [1.82, 2.24) is 4.90 Å². The van der Waals surface area contributed by atoms with E-state index < -0.39 is 14.9 Å². The maximum atomic E-state index is 11.4. The maximum absolute atomic E-state index is 11.4. The van der Waals surface area contributed by atoms with Gasteiger partial charge < -0.3 is 4.74 Å². The van der Waals surface area contributed by atoms with Crippen molar-refractivity contribution < 1.29 is 14.3 Å². The second-order valence-electron chi connectivity index (χ2n) is 3.63.